The number of aryl methyl sites for hydroxylation is 1. The van der Waals surface area contributed by atoms with Crippen LogP contribution < -0.4 is 10.6 Å². The number of thiophene rings is 1. The van der Waals surface area contributed by atoms with E-state index in [-0.39, 0.29) is 17.7 Å². The lowest BCUT2D eigenvalue weighted by molar-refractivity contribution is -0.136. The standard InChI is InChI=1S/C21H25N3O3S/c1-3-22-20(26)15-9-8-14(2)17(12-15)23-21(27)18-7-4-10-24(18)19(25)13-16-6-5-11-28-16/h5-6,8-9,11-12,18H,3-4,7,10,13H2,1-2H3,(H,22,26)(H,23,27). The Morgan fingerprint density at radius 1 is 1.25 bits per heavy atom. The first-order valence-electron chi connectivity index (χ1n) is 9.51. The molecule has 28 heavy (non-hydrogen) atoms. The molecular formula is C21H25N3O3S. The van der Waals surface area contributed by atoms with Crippen molar-refractivity contribution in [2.24, 2.45) is 0 Å². The zero-order chi connectivity index (χ0) is 20.1. The first kappa shape index (κ1) is 20.1. The highest BCUT2D eigenvalue weighted by Gasteiger charge is 2.34. The zero-order valence-corrected chi connectivity index (χ0v) is 17.0. The topological polar surface area (TPSA) is 78.5 Å². The normalized spacial score (nSPS) is 16.1. The predicted molar refractivity (Wildman–Crippen MR) is 111 cm³/mol. The van der Waals surface area contributed by atoms with Gasteiger partial charge in [-0.3, -0.25) is 14.4 Å². The molecule has 2 aromatic rings. The Bertz CT molecular complexity index is 864. The van der Waals surface area contributed by atoms with E-state index in [1.54, 1.807) is 28.4 Å². The monoisotopic (exact) mass is 399 g/mol. The summed E-state index contributed by atoms with van der Waals surface area (Å²) in [5.74, 6) is -0.396. The number of nitrogens with one attached hydrogen (secondary N) is 2. The van der Waals surface area contributed by atoms with Crippen LogP contribution in [0.3, 0.4) is 0 Å². The summed E-state index contributed by atoms with van der Waals surface area (Å²) in [6.45, 7) is 4.88. The number of hydrogen-bond acceptors (Lipinski definition) is 4. The van der Waals surface area contributed by atoms with Gasteiger partial charge in [-0.2, -0.15) is 0 Å². The van der Waals surface area contributed by atoms with E-state index < -0.39 is 6.04 Å². The van der Waals surface area contributed by atoms with Crippen molar-refractivity contribution in [3.63, 3.8) is 0 Å². The van der Waals surface area contributed by atoms with Crippen molar-refractivity contribution >= 4 is 34.7 Å². The average Bonchev–Trinajstić information content (AvgIpc) is 3.35. The number of likely N-dealkylation sites (tertiary alicyclic amines) is 1. The quantitative estimate of drug-likeness (QED) is 0.784. The molecule has 7 heteroatoms. The second-order valence-corrected chi connectivity index (χ2v) is 7.91. The van der Waals surface area contributed by atoms with Gasteiger partial charge in [0.2, 0.25) is 11.8 Å². The lowest BCUT2D eigenvalue weighted by Gasteiger charge is -2.24. The molecule has 6 nitrogen and oxygen atoms in total. The number of benzene rings is 1. The number of anilines is 1. The summed E-state index contributed by atoms with van der Waals surface area (Å²) >= 11 is 1.55. The van der Waals surface area contributed by atoms with E-state index in [2.05, 4.69) is 10.6 Å². The zero-order valence-electron chi connectivity index (χ0n) is 16.2. The molecule has 1 aromatic carbocycles. The molecule has 2 N–H and O–H groups in total. The highest BCUT2D eigenvalue weighted by molar-refractivity contribution is 7.10. The van der Waals surface area contributed by atoms with E-state index in [0.29, 0.717) is 37.2 Å². The Balaban J connectivity index is 1.70. The minimum Gasteiger partial charge on any atom is -0.352 e. The Labute approximate surface area is 168 Å². The van der Waals surface area contributed by atoms with Gasteiger partial charge in [0.25, 0.3) is 5.91 Å². The number of carbonyl (C=O) groups excluding carboxylic acids is 3. The van der Waals surface area contributed by atoms with Gasteiger partial charge in [0, 0.05) is 29.2 Å². The summed E-state index contributed by atoms with van der Waals surface area (Å²) in [5.41, 5.74) is 1.97. The van der Waals surface area contributed by atoms with Crippen LogP contribution in [-0.4, -0.2) is 41.8 Å². The minimum absolute atomic E-state index is 0.0205. The van der Waals surface area contributed by atoms with Crippen molar-refractivity contribution < 1.29 is 14.4 Å². The fourth-order valence-corrected chi connectivity index (χ4v) is 4.07. The largest absolute Gasteiger partial charge is 0.352 e. The molecule has 0 aliphatic carbocycles. The minimum atomic E-state index is -0.472. The van der Waals surface area contributed by atoms with Crippen LogP contribution in [0, 0.1) is 6.92 Å². The maximum absolute atomic E-state index is 12.9. The van der Waals surface area contributed by atoms with Gasteiger partial charge in [0.15, 0.2) is 0 Å². The van der Waals surface area contributed by atoms with Crippen LogP contribution >= 0.6 is 11.3 Å². The Kier molecular flexibility index (Phi) is 6.46. The van der Waals surface area contributed by atoms with E-state index in [0.717, 1.165) is 16.9 Å². The van der Waals surface area contributed by atoms with E-state index in [4.69, 9.17) is 0 Å². The van der Waals surface area contributed by atoms with E-state index in [1.807, 2.05) is 37.4 Å². The first-order valence-corrected chi connectivity index (χ1v) is 10.4. The Morgan fingerprint density at radius 3 is 2.79 bits per heavy atom. The number of nitrogens with zero attached hydrogens (tertiary/aromatic N) is 1. The maximum Gasteiger partial charge on any atom is 0.251 e. The molecule has 1 aliphatic rings. The third-order valence-corrected chi connectivity index (χ3v) is 5.75. The smallest absolute Gasteiger partial charge is 0.251 e. The molecule has 1 aromatic heterocycles. The highest BCUT2D eigenvalue weighted by Crippen LogP contribution is 2.23. The summed E-state index contributed by atoms with van der Waals surface area (Å²) in [7, 11) is 0. The van der Waals surface area contributed by atoms with Crippen LogP contribution in [0.5, 0.6) is 0 Å². The molecule has 1 aliphatic heterocycles. The summed E-state index contributed by atoms with van der Waals surface area (Å²) in [5, 5.41) is 7.63. The molecule has 0 bridgehead atoms. The van der Waals surface area contributed by atoms with Gasteiger partial charge in [0.1, 0.15) is 6.04 Å². The van der Waals surface area contributed by atoms with Crippen LogP contribution in [0.25, 0.3) is 0 Å². The maximum atomic E-state index is 12.9. The van der Waals surface area contributed by atoms with Gasteiger partial charge in [-0.1, -0.05) is 12.1 Å². The molecule has 0 radical (unpaired) electrons. The van der Waals surface area contributed by atoms with Crippen molar-refractivity contribution in [2.45, 2.75) is 39.2 Å². The molecule has 1 atom stereocenters. The molecule has 0 spiro atoms. The van der Waals surface area contributed by atoms with Crippen LogP contribution in [-0.2, 0) is 16.0 Å². The van der Waals surface area contributed by atoms with Crippen molar-refractivity contribution in [1.29, 1.82) is 0 Å². The summed E-state index contributed by atoms with van der Waals surface area (Å²) in [4.78, 5) is 40.3. The number of amides is 3. The third kappa shape index (κ3) is 4.59. The Morgan fingerprint density at radius 2 is 2.07 bits per heavy atom. The molecule has 3 amide bonds. The van der Waals surface area contributed by atoms with Crippen LogP contribution in [0.1, 0.15) is 40.6 Å². The van der Waals surface area contributed by atoms with E-state index >= 15 is 0 Å². The average molecular weight is 400 g/mol. The van der Waals surface area contributed by atoms with Crippen molar-refractivity contribution in [3.05, 3.63) is 51.7 Å². The van der Waals surface area contributed by atoms with Gasteiger partial charge in [0.05, 0.1) is 6.42 Å². The van der Waals surface area contributed by atoms with Crippen molar-refractivity contribution in [2.75, 3.05) is 18.4 Å². The summed E-state index contributed by atoms with van der Waals surface area (Å²) in [6, 6.07) is 8.62. The fourth-order valence-electron chi connectivity index (χ4n) is 3.38. The van der Waals surface area contributed by atoms with Gasteiger partial charge < -0.3 is 15.5 Å². The molecule has 1 unspecified atom stereocenters. The van der Waals surface area contributed by atoms with Gasteiger partial charge in [-0.25, -0.2) is 0 Å². The number of hydrogen-bond donors (Lipinski definition) is 2. The van der Waals surface area contributed by atoms with Gasteiger partial charge in [-0.15, -0.1) is 11.3 Å². The molecule has 3 rings (SSSR count). The van der Waals surface area contributed by atoms with Crippen LogP contribution in [0.2, 0.25) is 0 Å². The number of rotatable bonds is 6. The lowest BCUT2D eigenvalue weighted by Crippen LogP contribution is -2.43. The molecule has 148 valence electrons. The highest BCUT2D eigenvalue weighted by atomic mass is 32.1. The first-order chi connectivity index (χ1) is 13.5. The molecule has 0 saturated carbocycles. The molecule has 1 saturated heterocycles. The SMILES string of the molecule is CCNC(=O)c1ccc(C)c(NC(=O)C2CCCN2C(=O)Cc2cccs2)c1. The van der Waals surface area contributed by atoms with Crippen molar-refractivity contribution in [1.82, 2.24) is 10.2 Å². The number of carbonyl (C=O) groups is 3. The van der Waals surface area contributed by atoms with Crippen LogP contribution in [0.4, 0.5) is 5.69 Å². The second kappa shape index (κ2) is 9.01. The van der Waals surface area contributed by atoms with Gasteiger partial charge >= 0.3 is 0 Å². The Hall–Kier alpha value is -2.67. The summed E-state index contributed by atoms with van der Waals surface area (Å²) < 4.78 is 0. The summed E-state index contributed by atoms with van der Waals surface area (Å²) in [6.07, 6.45) is 1.79. The molecule has 2 heterocycles. The molecular weight excluding hydrogens is 374 g/mol. The second-order valence-electron chi connectivity index (χ2n) is 6.88. The predicted octanol–water partition coefficient (Wildman–Crippen LogP) is 2.98. The third-order valence-electron chi connectivity index (χ3n) is 4.88. The van der Waals surface area contributed by atoms with Gasteiger partial charge in [-0.05, 0) is 55.8 Å². The lowest BCUT2D eigenvalue weighted by atomic mass is 10.1. The van der Waals surface area contributed by atoms with Crippen LogP contribution in [0.15, 0.2) is 35.7 Å². The van der Waals surface area contributed by atoms with Crippen molar-refractivity contribution in [3.8, 4) is 0 Å². The van der Waals surface area contributed by atoms with E-state index in [1.165, 1.54) is 0 Å². The van der Waals surface area contributed by atoms with E-state index in [9.17, 15) is 14.4 Å². The fraction of sp³-hybridized carbons (Fsp3) is 0.381. The molecule has 1 fully saturated rings.